The number of sulfonamides is 1. The van der Waals surface area contributed by atoms with Crippen LogP contribution in [-0.4, -0.2) is 50.5 Å². The molecule has 1 fully saturated rings. The maximum Gasteiger partial charge on any atom is 0.246 e. The third kappa shape index (κ3) is 4.35. The van der Waals surface area contributed by atoms with Crippen LogP contribution < -0.4 is 10.0 Å². The fraction of sp³-hybridized carbons (Fsp3) is 0.556. The van der Waals surface area contributed by atoms with Crippen molar-refractivity contribution in [3.05, 3.63) is 29.3 Å². The second kappa shape index (κ2) is 7.65. The molecule has 2 N–H and O–H groups in total. The zero-order valence-corrected chi connectivity index (χ0v) is 16.5. The van der Waals surface area contributed by atoms with Crippen molar-refractivity contribution >= 4 is 27.5 Å². The maximum atomic E-state index is 12.9. The van der Waals surface area contributed by atoms with Crippen LogP contribution in [0.25, 0.3) is 0 Å². The van der Waals surface area contributed by atoms with Crippen LogP contribution in [0.15, 0.2) is 18.2 Å². The predicted octanol–water partition coefficient (Wildman–Crippen LogP) is 1.18. The fourth-order valence-electron chi connectivity index (χ4n) is 3.38. The largest absolute Gasteiger partial charge is 0.369 e. The summed E-state index contributed by atoms with van der Waals surface area (Å²) in [6.45, 7) is 6.11. The summed E-state index contributed by atoms with van der Waals surface area (Å²) in [5, 5.41) is 0. The Balaban J connectivity index is 2.28. The van der Waals surface area contributed by atoms with Crippen molar-refractivity contribution < 1.29 is 18.0 Å². The van der Waals surface area contributed by atoms with E-state index in [1.807, 2.05) is 26.0 Å². The SMILES string of the molecule is Cc1ccc(C)c(N([C@H](C)C(=O)N2CCC(C(N)=O)CC2)S(C)(=O)=O)c1. The van der Waals surface area contributed by atoms with Gasteiger partial charge in [0, 0.05) is 19.0 Å². The second-order valence-electron chi connectivity index (χ2n) is 7.03. The first kappa shape index (κ1) is 20.2. The summed E-state index contributed by atoms with van der Waals surface area (Å²) >= 11 is 0. The molecule has 0 aliphatic carbocycles. The van der Waals surface area contributed by atoms with Crippen LogP contribution in [-0.2, 0) is 19.6 Å². The van der Waals surface area contributed by atoms with Crippen LogP contribution in [0.5, 0.6) is 0 Å². The lowest BCUT2D eigenvalue weighted by molar-refractivity contribution is -0.135. The number of hydrogen-bond acceptors (Lipinski definition) is 4. The number of benzene rings is 1. The van der Waals surface area contributed by atoms with Crippen molar-refractivity contribution in [3.8, 4) is 0 Å². The molecule has 0 spiro atoms. The molecular formula is C18H27N3O4S. The molecule has 1 atom stereocenters. The third-order valence-electron chi connectivity index (χ3n) is 4.88. The lowest BCUT2D eigenvalue weighted by Gasteiger charge is -2.36. The first-order chi connectivity index (χ1) is 12.0. The Bertz CT molecular complexity index is 799. The van der Waals surface area contributed by atoms with Gasteiger partial charge in [-0.15, -0.1) is 0 Å². The minimum Gasteiger partial charge on any atom is -0.369 e. The van der Waals surface area contributed by atoms with Crippen LogP contribution >= 0.6 is 0 Å². The molecule has 1 aromatic carbocycles. The molecule has 0 bridgehead atoms. The quantitative estimate of drug-likeness (QED) is 0.827. The van der Waals surface area contributed by atoms with E-state index in [9.17, 15) is 18.0 Å². The topological polar surface area (TPSA) is 101 Å². The Hall–Kier alpha value is -2.09. The number of anilines is 1. The first-order valence-electron chi connectivity index (χ1n) is 8.67. The van der Waals surface area contributed by atoms with Gasteiger partial charge in [0.05, 0.1) is 11.9 Å². The van der Waals surface area contributed by atoms with Crippen molar-refractivity contribution in [1.29, 1.82) is 0 Å². The highest BCUT2D eigenvalue weighted by atomic mass is 32.2. The van der Waals surface area contributed by atoms with Gasteiger partial charge in [-0.05, 0) is 50.8 Å². The molecule has 1 saturated heterocycles. The number of primary amides is 1. The summed E-state index contributed by atoms with van der Waals surface area (Å²) in [6, 6.07) is 4.66. The molecular weight excluding hydrogens is 354 g/mol. The van der Waals surface area contributed by atoms with Gasteiger partial charge < -0.3 is 10.6 Å². The molecule has 144 valence electrons. The summed E-state index contributed by atoms with van der Waals surface area (Å²) in [5.41, 5.74) is 7.55. The maximum absolute atomic E-state index is 12.9. The number of aryl methyl sites for hydroxylation is 2. The van der Waals surface area contributed by atoms with Gasteiger partial charge in [0.25, 0.3) is 0 Å². The summed E-state index contributed by atoms with van der Waals surface area (Å²) in [5.74, 6) is -0.836. The van der Waals surface area contributed by atoms with Gasteiger partial charge in [0.2, 0.25) is 21.8 Å². The smallest absolute Gasteiger partial charge is 0.246 e. The lowest BCUT2D eigenvalue weighted by atomic mass is 9.96. The van der Waals surface area contributed by atoms with Crippen molar-refractivity contribution in [2.75, 3.05) is 23.7 Å². The van der Waals surface area contributed by atoms with Crippen LogP contribution in [0, 0.1) is 19.8 Å². The Kier molecular flexibility index (Phi) is 5.95. The number of nitrogens with zero attached hydrogens (tertiary/aromatic N) is 2. The van der Waals surface area contributed by atoms with E-state index in [2.05, 4.69) is 0 Å². The number of rotatable bonds is 5. The summed E-state index contributed by atoms with van der Waals surface area (Å²) < 4.78 is 26.1. The molecule has 0 aromatic heterocycles. The number of likely N-dealkylation sites (tertiary alicyclic amines) is 1. The van der Waals surface area contributed by atoms with Crippen LogP contribution in [0.2, 0.25) is 0 Å². The first-order valence-corrected chi connectivity index (χ1v) is 10.5. The van der Waals surface area contributed by atoms with E-state index >= 15 is 0 Å². The highest BCUT2D eigenvalue weighted by Gasteiger charge is 2.35. The second-order valence-corrected chi connectivity index (χ2v) is 8.89. The zero-order chi connectivity index (χ0) is 19.6. The van der Waals surface area contributed by atoms with Gasteiger partial charge in [-0.1, -0.05) is 12.1 Å². The van der Waals surface area contributed by atoms with Crippen molar-refractivity contribution in [1.82, 2.24) is 4.90 Å². The number of amides is 2. The minimum absolute atomic E-state index is 0.223. The fourth-order valence-corrected chi connectivity index (χ4v) is 4.60. The van der Waals surface area contributed by atoms with Crippen molar-refractivity contribution in [3.63, 3.8) is 0 Å². The van der Waals surface area contributed by atoms with Gasteiger partial charge in [0.1, 0.15) is 6.04 Å². The van der Waals surface area contributed by atoms with Crippen molar-refractivity contribution in [2.24, 2.45) is 11.7 Å². The van der Waals surface area contributed by atoms with Crippen molar-refractivity contribution in [2.45, 2.75) is 39.7 Å². The Morgan fingerprint density at radius 3 is 2.31 bits per heavy atom. The van der Waals surface area contributed by atoms with E-state index in [0.29, 0.717) is 31.6 Å². The molecule has 26 heavy (non-hydrogen) atoms. The number of nitrogens with two attached hydrogens (primary N) is 1. The molecule has 8 heteroatoms. The molecule has 1 aliphatic rings. The van der Waals surface area contributed by atoms with E-state index in [1.54, 1.807) is 17.9 Å². The normalized spacial score (nSPS) is 17.0. The highest BCUT2D eigenvalue weighted by molar-refractivity contribution is 7.92. The number of carbonyl (C=O) groups is 2. The molecule has 1 aliphatic heterocycles. The minimum atomic E-state index is -3.65. The molecule has 0 radical (unpaired) electrons. The highest BCUT2D eigenvalue weighted by Crippen LogP contribution is 2.27. The standard InChI is InChI=1S/C18H27N3O4S/c1-12-5-6-13(2)16(11-12)21(26(4,24)25)14(3)18(23)20-9-7-15(8-10-20)17(19)22/h5-6,11,14-15H,7-10H2,1-4H3,(H2,19,22)/t14-/m1/s1. The molecule has 0 unspecified atom stereocenters. The van der Waals surface area contributed by atoms with E-state index in [-0.39, 0.29) is 17.7 Å². The third-order valence-corrected chi connectivity index (χ3v) is 6.11. The van der Waals surface area contributed by atoms with Gasteiger partial charge in [0.15, 0.2) is 0 Å². The average molecular weight is 381 g/mol. The van der Waals surface area contributed by atoms with Gasteiger partial charge >= 0.3 is 0 Å². The average Bonchev–Trinajstić information content (AvgIpc) is 2.56. The Labute approximate surface area is 155 Å². The zero-order valence-electron chi connectivity index (χ0n) is 15.7. The molecule has 2 amide bonds. The number of hydrogen-bond donors (Lipinski definition) is 1. The van der Waals surface area contributed by atoms with Crippen LogP contribution in [0.4, 0.5) is 5.69 Å². The van der Waals surface area contributed by atoms with E-state index in [1.165, 1.54) is 4.31 Å². The predicted molar refractivity (Wildman–Crippen MR) is 101 cm³/mol. The summed E-state index contributed by atoms with van der Waals surface area (Å²) in [7, 11) is -3.65. The Morgan fingerprint density at radius 1 is 1.23 bits per heavy atom. The van der Waals surface area contributed by atoms with Crippen LogP contribution in [0.3, 0.4) is 0 Å². The molecule has 0 saturated carbocycles. The number of piperidine rings is 1. The van der Waals surface area contributed by atoms with E-state index < -0.39 is 16.1 Å². The van der Waals surface area contributed by atoms with Gasteiger partial charge in [-0.25, -0.2) is 8.42 Å². The lowest BCUT2D eigenvalue weighted by Crippen LogP contribution is -2.52. The molecule has 2 rings (SSSR count). The van der Waals surface area contributed by atoms with E-state index in [4.69, 9.17) is 5.73 Å². The van der Waals surface area contributed by atoms with Gasteiger partial charge in [-0.2, -0.15) is 0 Å². The summed E-state index contributed by atoms with van der Waals surface area (Å²) in [4.78, 5) is 25.8. The molecule has 7 nitrogen and oxygen atoms in total. The molecule has 1 heterocycles. The van der Waals surface area contributed by atoms with E-state index in [0.717, 1.165) is 17.4 Å². The monoisotopic (exact) mass is 381 g/mol. The number of carbonyl (C=O) groups excluding carboxylic acids is 2. The summed E-state index contributed by atoms with van der Waals surface area (Å²) in [6.07, 6.45) is 2.13. The van der Waals surface area contributed by atoms with Gasteiger partial charge in [-0.3, -0.25) is 13.9 Å². The Morgan fingerprint density at radius 2 is 1.81 bits per heavy atom. The molecule has 1 aromatic rings. The van der Waals surface area contributed by atoms with Crippen LogP contribution in [0.1, 0.15) is 30.9 Å².